The molecule has 0 aliphatic carbocycles. The van der Waals surface area contributed by atoms with Gasteiger partial charge in [0.05, 0.1) is 0 Å². The van der Waals surface area contributed by atoms with Crippen molar-refractivity contribution in [2.24, 2.45) is 0 Å². The first-order valence-corrected chi connectivity index (χ1v) is 6.27. The maximum Gasteiger partial charge on any atom is 0.231 e. The van der Waals surface area contributed by atoms with Crippen LogP contribution in [0, 0.1) is 0 Å². The molecule has 0 bridgehead atoms. The lowest BCUT2D eigenvalue weighted by Crippen LogP contribution is -1.86. The number of aromatic nitrogens is 2. The molecule has 0 fully saturated rings. The summed E-state index contributed by atoms with van der Waals surface area (Å²) in [5.74, 6) is 1.56. The van der Waals surface area contributed by atoms with Gasteiger partial charge in [-0.25, -0.2) is 0 Å². The molecule has 1 heterocycles. The second kappa shape index (κ2) is 7.69. The minimum Gasteiger partial charge on any atom is -0.424 e. The maximum atomic E-state index is 5.56. The van der Waals surface area contributed by atoms with Crippen LogP contribution in [0.3, 0.4) is 0 Å². The van der Waals surface area contributed by atoms with E-state index in [9.17, 15) is 0 Å². The van der Waals surface area contributed by atoms with Gasteiger partial charge in [0.1, 0.15) is 5.88 Å². The van der Waals surface area contributed by atoms with Crippen LogP contribution >= 0.6 is 11.6 Å². The number of alkyl halides is 1. The molecule has 0 aromatic carbocycles. The predicted molar refractivity (Wildman–Crippen MR) is 60.9 cm³/mol. The summed E-state index contributed by atoms with van der Waals surface area (Å²) in [6.07, 6.45) is 8.56. The average molecular weight is 231 g/mol. The Bertz CT molecular complexity index is 263. The fourth-order valence-corrected chi connectivity index (χ4v) is 1.61. The Balaban J connectivity index is 2.04. The number of rotatable bonds is 8. The van der Waals surface area contributed by atoms with Gasteiger partial charge >= 0.3 is 0 Å². The molecule has 0 saturated heterocycles. The van der Waals surface area contributed by atoms with E-state index in [0.717, 1.165) is 18.7 Å². The second-order valence-electron chi connectivity index (χ2n) is 3.74. The van der Waals surface area contributed by atoms with Crippen LogP contribution in [0.25, 0.3) is 0 Å². The van der Waals surface area contributed by atoms with Gasteiger partial charge in [0.25, 0.3) is 0 Å². The number of aryl methyl sites for hydroxylation is 1. The Labute approximate surface area is 96.2 Å². The minimum atomic E-state index is 0.309. The van der Waals surface area contributed by atoms with Gasteiger partial charge in [-0.2, -0.15) is 0 Å². The van der Waals surface area contributed by atoms with E-state index < -0.39 is 0 Å². The first-order valence-electron chi connectivity index (χ1n) is 5.74. The highest BCUT2D eigenvalue weighted by atomic mass is 35.5. The highest BCUT2D eigenvalue weighted by Gasteiger charge is 2.03. The normalized spacial score (nSPS) is 10.8. The summed E-state index contributed by atoms with van der Waals surface area (Å²) in [4.78, 5) is 0. The Kier molecular flexibility index (Phi) is 6.41. The van der Waals surface area contributed by atoms with Gasteiger partial charge in [0.15, 0.2) is 0 Å². The van der Waals surface area contributed by atoms with E-state index in [-0.39, 0.29) is 0 Å². The van der Waals surface area contributed by atoms with E-state index in [0.29, 0.717) is 11.8 Å². The van der Waals surface area contributed by atoms with Gasteiger partial charge in [-0.15, -0.1) is 21.8 Å². The van der Waals surface area contributed by atoms with Gasteiger partial charge in [0, 0.05) is 6.42 Å². The SMILES string of the molecule is CCCCCCCCc1nnc(CCl)o1. The van der Waals surface area contributed by atoms with E-state index in [1.54, 1.807) is 0 Å². The van der Waals surface area contributed by atoms with Gasteiger partial charge < -0.3 is 4.42 Å². The smallest absolute Gasteiger partial charge is 0.231 e. The van der Waals surface area contributed by atoms with Crippen molar-refractivity contribution < 1.29 is 4.42 Å². The van der Waals surface area contributed by atoms with Crippen LogP contribution < -0.4 is 0 Å². The van der Waals surface area contributed by atoms with Crippen LogP contribution in [0.4, 0.5) is 0 Å². The topological polar surface area (TPSA) is 38.9 Å². The Hall–Kier alpha value is -0.570. The van der Waals surface area contributed by atoms with Crippen LogP contribution in [-0.2, 0) is 12.3 Å². The van der Waals surface area contributed by atoms with E-state index in [4.69, 9.17) is 16.0 Å². The zero-order valence-electron chi connectivity index (χ0n) is 9.34. The van der Waals surface area contributed by atoms with Crippen LogP contribution in [-0.4, -0.2) is 10.2 Å². The standard InChI is InChI=1S/C11H19ClN2O/c1-2-3-4-5-6-7-8-10-13-14-11(9-12)15-10/h2-9H2,1H3. The fraction of sp³-hybridized carbons (Fsp3) is 0.818. The summed E-state index contributed by atoms with van der Waals surface area (Å²) in [5.41, 5.74) is 0. The van der Waals surface area contributed by atoms with E-state index in [1.165, 1.54) is 32.1 Å². The number of unbranched alkanes of at least 4 members (excludes halogenated alkanes) is 5. The molecule has 0 radical (unpaired) electrons. The molecule has 0 N–H and O–H groups in total. The van der Waals surface area contributed by atoms with Crippen LogP contribution in [0.1, 0.15) is 57.2 Å². The first kappa shape index (κ1) is 12.5. The van der Waals surface area contributed by atoms with Crippen molar-refractivity contribution in [2.45, 2.75) is 57.7 Å². The molecule has 0 amide bonds. The third-order valence-corrected chi connectivity index (χ3v) is 2.60. The summed E-state index contributed by atoms with van der Waals surface area (Å²) in [5, 5.41) is 7.73. The highest BCUT2D eigenvalue weighted by molar-refractivity contribution is 6.16. The largest absolute Gasteiger partial charge is 0.424 e. The molecule has 1 aromatic heterocycles. The van der Waals surface area contributed by atoms with Crippen molar-refractivity contribution in [3.05, 3.63) is 11.8 Å². The highest BCUT2D eigenvalue weighted by Crippen LogP contribution is 2.09. The molecule has 15 heavy (non-hydrogen) atoms. The second-order valence-corrected chi connectivity index (χ2v) is 4.01. The molecule has 0 saturated carbocycles. The van der Waals surface area contributed by atoms with Crippen molar-refractivity contribution in [1.29, 1.82) is 0 Å². The maximum absolute atomic E-state index is 5.56. The molecule has 1 rings (SSSR count). The van der Waals surface area contributed by atoms with Gasteiger partial charge in [0.2, 0.25) is 11.8 Å². The van der Waals surface area contributed by atoms with E-state index in [1.807, 2.05) is 0 Å². The quantitative estimate of drug-likeness (QED) is 0.505. The lowest BCUT2D eigenvalue weighted by atomic mass is 10.1. The number of nitrogens with zero attached hydrogens (tertiary/aromatic N) is 2. The van der Waals surface area contributed by atoms with Crippen molar-refractivity contribution >= 4 is 11.6 Å². The average Bonchev–Trinajstić information content (AvgIpc) is 2.71. The molecular weight excluding hydrogens is 212 g/mol. The molecule has 0 spiro atoms. The minimum absolute atomic E-state index is 0.309. The lowest BCUT2D eigenvalue weighted by molar-refractivity contribution is 0.452. The van der Waals surface area contributed by atoms with Gasteiger partial charge in [-0.1, -0.05) is 39.0 Å². The summed E-state index contributed by atoms with van der Waals surface area (Å²) >= 11 is 5.56. The Morgan fingerprint density at radius 1 is 1.00 bits per heavy atom. The third-order valence-electron chi connectivity index (χ3n) is 2.37. The third kappa shape index (κ3) is 5.17. The van der Waals surface area contributed by atoms with Crippen molar-refractivity contribution in [1.82, 2.24) is 10.2 Å². The summed E-state index contributed by atoms with van der Waals surface area (Å²) < 4.78 is 5.31. The van der Waals surface area contributed by atoms with E-state index >= 15 is 0 Å². The summed E-state index contributed by atoms with van der Waals surface area (Å²) in [7, 11) is 0. The molecule has 1 aromatic rings. The van der Waals surface area contributed by atoms with Crippen LogP contribution in [0.15, 0.2) is 4.42 Å². The lowest BCUT2D eigenvalue weighted by Gasteiger charge is -1.97. The number of halogens is 1. The van der Waals surface area contributed by atoms with Crippen LogP contribution in [0.2, 0.25) is 0 Å². The molecule has 0 aliphatic heterocycles. The zero-order valence-corrected chi connectivity index (χ0v) is 10.1. The number of hydrogen-bond donors (Lipinski definition) is 0. The van der Waals surface area contributed by atoms with Gasteiger partial charge in [-0.05, 0) is 6.42 Å². The predicted octanol–water partition coefficient (Wildman–Crippen LogP) is 3.71. The van der Waals surface area contributed by atoms with Crippen molar-refractivity contribution in [2.75, 3.05) is 0 Å². The summed E-state index contributed by atoms with van der Waals surface area (Å²) in [6.45, 7) is 2.23. The monoisotopic (exact) mass is 230 g/mol. The van der Waals surface area contributed by atoms with E-state index in [2.05, 4.69) is 17.1 Å². The van der Waals surface area contributed by atoms with Crippen molar-refractivity contribution in [3.8, 4) is 0 Å². The fourth-order valence-electron chi connectivity index (χ4n) is 1.50. The Morgan fingerprint density at radius 2 is 1.67 bits per heavy atom. The van der Waals surface area contributed by atoms with Crippen LogP contribution in [0.5, 0.6) is 0 Å². The molecule has 0 atom stereocenters. The van der Waals surface area contributed by atoms with Crippen molar-refractivity contribution in [3.63, 3.8) is 0 Å². The first-order chi connectivity index (χ1) is 7.36. The zero-order chi connectivity index (χ0) is 10.9. The molecule has 0 unspecified atom stereocenters. The molecule has 0 aliphatic rings. The molecule has 4 heteroatoms. The molecule has 3 nitrogen and oxygen atoms in total. The Morgan fingerprint density at radius 3 is 2.33 bits per heavy atom. The number of hydrogen-bond acceptors (Lipinski definition) is 3. The molecular formula is C11H19ClN2O. The summed E-state index contributed by atoms with van der Waals surface area (Å²) in [6, 6.07) is 0. The van der Waals surface area contributed by atoms with Gasteiger partial charge in [-0.3, -0.25) is 0 Å². The molecule has 86 valence electrons.